The van der Waals surface area contributed by atoms with Crippen molar-refractivity contribution in [3.05, 3.63) is 107 Å². The second-order valence-electron chi connectivity index (χ2n) is 9.04. The third-order valence-electron chi connectivity index (χ3n) is 6.80. The SMILES string of the molecule is COc1ccc(/C=C(\C#N)C(=O)N(CCN2C(=O)c3cccc4cccc(c34)C2=O)c2ccccc2OC)cc1. The molecule has 0 aliphatic carbocycles. The molecule has 0 saturated heterocycles. The summed E-state index contributed by atoms with van der Waals surface area (Å²) < 4.78 is 10.7. The summed E-state index contributed by atoms with van der Waals surface area (Å²) >= 11 is 0. The van der Waals surface area contributed by atoms with Crippen LogP contribution in [-0.2, 0) is 4.79 Å². The van der Waals surface area contributed by atoms with E-state index in [4.69, 9.17) is 9.47 Å². The van der Waals surface area contributed by atoms with E-state index < -0.39 is 17.7 Å². The van der Waals surface area contributed by atoms with Gasteiger partial charge in [0.05, 0.1) is 19.9 Å². The van der Waals surface area contributed by atoms with Crippen LogP contribution in [-0.4, -0.2) is 49.9 Å². The molecule has 8 nitrogen and oxygen atoms in total. The second kappa shape index (κ2) is 11.1. The molecule has 1 heterocycles. The van der Waals surface area contributed by atoms with Crippen LogP contribution in [0.4, 0.5) is 5.69 Å². The van der Waals surface area contributed by atoms with Crippen LogP contribution in [0.3, 0.4) is 0 Å². The van der Waals surface area contributed by atoms with Crippen LogP contribution >= 0.6 is 0 Å². The molecule has 4 aromatic rings. The Kier molecular flexibility index (Phi) is 7.29. The zero-order chi connectivity index (χ0) is 28.2. The second-order valence-corrected chi connectivity index (χ2v) is 9.04. The molecule has 0 bridgehead atoms. The Morgan fingerprint density at radius 3 is 2.12 bits per heavy atom. The van der Waals surface area contributed by atoms with Crippen molar-refractivity contribution in [1.82, 2.24) is 4.90 Å². The van der Waals surface area contributed by atoms with Gasteiger partial charge in [-0.15, -0.1) is 0 Å². The smallest absolute Gasteiger partial charge is 0.269 e. The summed E-state index contributed by atoms with van der Waals surface area (Å²) in [6, 6.07) is 26.5. The summed E-state index contributed by atoms with van der Waals surface area (Å²) in [5.41, 5.74) is 1.78. The predicted molar refractivity (Wildman–Crippen MR) is 151 cm³/mol. The van der Waals surface area contributed by atoms with Crippen molar-refractivity contribution < 1.29 is 23.9 Å². The van der Waals surface area contributed by atoms with Crippen LogP contribution < -0.4 is 14.4 Å². The number of imide groups is 1. The maximum Gasteiger partial charge on any atom is 0.269 e. The fraction of sp³-hybridized carbons (Fsp3) is 0.125. The van der Waals surface area contributed by atoms with Crippen molar-refractivity contribution in [2.75, 3.05) is 32.2 Å². The first-order valence-corrected chi connectivity index (χ1v) is 12.6. The first-order chi connectivity index (χ1) is 19.5. The number of methoxy groups -OCH3 is 2. The van der Waals surface area contributed by atoms with Crippen LogP contribution in [0.25, 0.3) is 16.8 Å². The molecule has 0 atom stereocenters. The fourth-order valence-electron chi connectivity index (χ4n) is 4.82. The molecule has 0 N–H and O–H groups in total. The molecule has 8 heteroatoms. The summed E-state index contributed by atoms with van der Waals surface area (Å²) in [4.78, 5) is 43.2. The molecule has 0 aromatic heterocycles. The van der Waals surface area contributed by atoms with Gasteiger partial charge in [-0.3, -0.25) is 19.3 Å². The van der Waals surface area contributed by atoms with Crippen LogP contribution in [0, 0.1) is 11.3 Å². The van der Waals surface area contributed by atoms with Crippen molar-refractivity contribution in [2.24, 2.45) is 0 Å². The van der Waals surface area contributed by atoms with Crippen molar-refractivity contribution in [1.29, 1.82) is 5.26 Å². The molecule has 0 fully saturated rings. The summed E-state index contributed by atoms with van der Waals surface area (Å²) in [6.07, 6.45) is 1.48. The van der Waals surface area contributed by atoms with Gasteiger partial charge in [-0.05, 0) is 53.4 Å². The van der Waals surface area contributed by atoms with Gasteiger partial charge >= 0.3 is 0 Å². The maximum absolute atomic E-state index is 13.8. The minimum atomic E-state index is -0.595. The van der Waals surface area contributed by atoms with E-state index in [0.29, 0.717) is 39.3 Å². The lowest BCUT2D eigenvalue weighted by Crippen LogP contribution is -2.46. The summed E-state index contributed by atoms with van der Waals surface area (Å²) in [5.74, 6) is -0.413. The van der Waals surface area contributed by atoms with Crippen molar-refractivity contribution in [3.8, 4) is 17.6 Å². The molecular weight excluding hydrogens is 506 g/mol. The molecule has 0 saturated carbocycles. The largest absolute Gasteiger partial charge is 0.497 e. The predicted octanol–water partition coefficient (Wildman–Crippen LogP) is 5.09. The Labute approximate surface area is 231 Å². The lowest BCUT2D eigenvalue weighted by atomic mass is 9.94. The first kappa shape index (κ1) is 26.2. The Bertz CT molecular complexity index is 1650. The molecule has 1 aliphatic rings. The quantitative estimate of drug-likeness (QED) is 0.178. The van der Waals surface area contributed by atoms with Crippen LogP contribution in [0.1, 0.15) is 26.3 Å². The Hall–Kier alpha value is -5.42. The van der Waals surface area contributed by atoms with Crippen molar-refractivity contribution in [2.45, 2.75) is 0 Å². The summed E-state index contributed by atoms with van der Waals surface area (Å²) in [7, 11) is 3.03. The Balaban J connectivity index is 1.49. The number of carbonyl (C=O) groups is 3. The minimum absolute atomic E-state index is 0.0591. The number of nitrogens with zero attached hydrogens (tertiary/aromatic N) is 3. The molecule has 0 radical (unpaired) electrons. The third-order valence-corrected chi connectivity index (χ3v) is 6.80. The molecule has 1 aliphatic heterocycles. The zero-order valence-corrected chi connectivity index (χ0v) is 22.0. The minimum Gasteiger partial charge on any atom is -0.497 e. The third kappa shape index (κ3) is 4.76. The highest BCUT2D eigenvalue weighted by Crippen LogP contribution is 2.32. The highest BCUT2D eigenvalue weighted by molar-refractivity contribution is 6.25. The Morgan fingerprint density at radius 1 is 0.875 bits per heavy atom. The van der Waals surface area contributed by atoms with E-state index in [-0.39, 0.29) is 18.7 Å². The van der Waals surface area contributed by atoms with Gasteiger partial charge in [-0.2, -0.15) is 5.26 Å². The Morgan fingerprint density at radius 2 is 1.52 bits per heavy atom. The van der Waals surface area contributed by atoms with Gasteiger partial charge in [0, 0.05) is 29.6 Å². The molecule has 5 rings (SSSR count). The number of anilines is 1. The number of hydrogen-bond donors (Lipinski definition) is 0. The number of amides is 3. The van der Waals surface area contributed by atoms with Crippen LogP contribution in [0.5, 0.6) is 11.5 Å². The van der Waals surface area contributed by atoms with E-state index in [2.05, 4.69) is 0 Å². The number of hydrogen-bond acceptors (Lipinski definition) is 6. The number of benzene rings is 4. The maximum atomic E-state index is 13.8. The zero-order valence-electron chi connectivity index (χ0n) is 22.0. The van der Waals surface area contributed by atoms with Gasteiger partial charge < -0.3 is 14.4 Å². The van der Waals surface area contributed by atoms with E-state index in [1.807, 2.05) is 18.2 Å². The summed E-state index contributed by atoms with van der Waals surface area (Å²) in [6.45, 7) is -0.149. The van der Waals surface area contributed by atoms with Crippen LogP contribution in [0.15, 0.2) is 90.5 Å². The van der Waals surface area contributed by atoms with Gasteiger partial charge in [0.25, 0.3) is 17.7 Å². The van der Waals surface area contributed by atoms with E-state index in [9.17, 15) is 19.6 Å². The van der Waals surface area contributed by atoms with Crippen molar-refractivity contribution >= 4 is 40.3 Å². The topological polar surface area (TPSA) is 99.9 Å². The highest BCUT2D eigenvalue weighted by atomic mass is 16.5. The average Bonchev–Trinajstić information content (AvgIpc) is 3.00. The van der Waals surface area contributed by atoms with Gasteiger partial charge in [0.2, 0.25) is 0 Å². The molecule has 0 spiro atoms. The molecule has 3 amide bonds. The van der Waals surface area contributed by atoms with E-state index in [1.54, 1.807) is 79.9 Å². The highest BCUT2D eigenvalue weighted by Gasteiger charge is 2.34. The molecular formula is C32H25N3O5. The molecule has 4 aromatic carbocycles. The lowest BCUT2D eigenvalue weighted by molar-refractivity contribution is -0.114. The van der Waals surface area contributed by atoms with Crippen LogP contribution in [0.2, 0.25) is 0 Å². The monoisotopic (exact) mass is 531 g/mol. The van der Waals surface area contributed by atoms with E-state index >= 15 is 0 Å². The first-order valence-electron chi connectivity index (χ1n) is 12.6. The van der Waals surface area contributed by atoms with Gasteiger partial charge in [0.15, 0.2) is 0 Å². The molecule has 40 heavy (non-hydrogen) atoms. The van der Waals surface area contributed by atoms with Gasteiger partial charge in [0.1, 0.15) is 23.1 Å². The van der Waals surface area contributed by atoms with Gasteiger partial charge in [-0.25, -0.2) is 0 Å². The number of ether oxygens (including phenoxy) is 2. The normalized spacial score (nSPS) is 12.7. The number of para-hydroxylation sites is 2. The number of rotatable bonds is 8. The van der Waals surface area contributed by atoms with Gasteiger partial charge in [-0.1, -0.05) is 48.5 Å². The number of carbonyl (C=O) groups excluding carboxylic acids is 3. The summed E-state index contributed by atoms with van der Waals surface area (Å²) in [5, 5.41) is 11.4. The van der Waals surface area contributed by atoms with E-state index in [1.165, 1.54) is 18.1 Å². The van der Waals surface area contributed by atoms with E-state index in [0.717, 1.165) is 10.3 Å². The molecule has 198 valence electrons. The lowest BCUT2D eigenvalue weighted by Gasteiger charge is -2.30. The standard InChI is InChI=1S/C32H25N3O5/c1-39-24-15-13-21(14-16-24)19-23(20-33)30(36)34(27-11-3-4-12-28(27)40-2)17-18-35-31(37)25-9-5-7-22-8-6-10-26(29(22)25)32(35)38/h3-16,19H,17-18H2,1-2H3/b23-19+. The average molecular weight is 532 g/mol. The van der Waals surface area contributed by atoms with Crippen molar-refractivity contribution in [3.63, 3.8) is 0 Å². The molecule has 0 unspecified atom stereocenters. The fourth-order valence-corrected chi connectivity index (χ4v) is 4.82. The number of nitriles is 1.